The fourth-order valence-electron chi connectivity index (χ4n) is 3.16. The molecule has 0 aliphatic carbocycles. The maximum Gasteiger partial charge on any atom is 0.416 e. The number of hydrogen-bond donors (Lipinski definition) is 1. The Hall–Kier alpha value is -2.45. The molecule has 0 bridgehead atoms. The van der Waals surface area contributed by atoms with E-state index in [9.17, 15) is 18.4 Å². The van der Waals surface area contributed by atoms with Gasteiger partial charge in [-0.25, -0.2) is 0 Å². The van der Waals surface area contributed by atoms with Gasteiger partial charge in [0, 0.05) is 11.6 Å². The maximum atomic E-state index is 13.0. The lowest BCUT2D eigenvalue weighted by molar-refractivity contribution is -0.670. The fourth-order valence-corrected chi connectivity index (χ4v) is 3.65. The molecular weight excluding hydrogens is 404 g/mol. The molecule has 1 aliphatic heterocycles. The van der Waals surface area contributed by atoms with E-state index in [2.05, 4.69) is 4.99 Å². The Bertz CT molecular complexity index is 1100. The summed E-state index contributed by atoms with van der Waals surface area (Å²) < 4.78 is 40.4. The van der Waals surface area contributed by atoms with Crippen molar-refractivity contribution in [3.63, 3.8) is 0 Å². The number of nitrogens with two attached hydrogens (primary N) is 1. The molecule has 5 nitrogen and oxygen atoms in total. The summed E-state index contributed by atoms with van der Waals surface area (Å²) in [5, 5.41) is 13.4. The lowest BCUT2D eigenvalue weighted by Crippen LogP contribution is -2.41. The average Bonchev–Trinajstić information content (AvgIpc) is 2.91. The standard InChI is InChI=1S/C17H11Cl2F3N4O/c18-11-5-8(6-12(19)14(11)23)15-16-10-2-1-9(17(20,21)22)7-13(10)26(27)25(16)4-3-24-15/h1-2,5-7H,3-4,23H2. The van der Waals surface area contributed by atoms with Crippen LogP contribution in [0, 0.1) is 5.21 Å². The van der Waals surface area contributed by atoms with Gasteiger partial charge in [-0.1, -0.05) is 28.0 Å². The number of halogens is 5. The zero-order valence-electron chi connectivity index (χ0n) is 13.5. The van der Waals surface area contributed by atoms with Gasteiger partial charge in [0.15, 0.2) is 0 Å². The van der Waals surface area contributed by atoms with Crippen molar-refractivity contribution < 1.29 is 18.0 Å². The first-order valence-corrected chi connectivity index (χ1v) is 8.57. The van der Waals surface area contributed by atoms with Gasteiger partial charge in [-0.3, -0.25) is 4.99 Å². The van der Waals surface area contributed by atoms with Gasteiger partial charge < -0.3 is 10.9 Å². The molecule has 2 heterocycles. The van der Waals surface area contributed by atoms with Gasteiger partial charge >= 0.3 is 6.18 Å². The molecule has 1 aromatic heterocycles. The van der Waals surface area contributed by atoms with Crippen molar-refractivity contribution in [1.29, 1.82) is 0 Å². The molecular formula is C17H11Cl2F3N4O. The summed E-state index contributed by atoms with van der Waals surface area (Å²) in [5.41, 5.74) is 6.36. The third-order valence-corrected chi connectivity index (χ3v) is 5.05. The molecule has 0 spiro atoms. The van der Waals surface area contributed by atoms with E-state index in [-0.39, 0.29) is 34.3 Å². The predicted molar refractivity (Wildman–Crippen MR) is 97.3 cm³/mol. The largest absolute Gasteiger partial charge is 0.595 e. The van der Waals surface area contributed by atoms with Gasteiger partial charge in [0.1, 0.15) is 5.69 Å². The summed E-state index contributed by atoms with van der Waals surface area (Å²) in [5.74, 6) is 0. The molecule has 27 heavy (non-hydrogen) atoms. The first kappa shape index (κ1) is 17.9. The van der Waals surface area contributed by atoms with Crippen LogP contribution in [-0.4, -0.2) is 16.9 Å². The second-order valence-electron chi connectivity index (χ2n) is 6.06. The van der Waals surface area contributed by atoms with Crippen LogP contribution >= 0.6 is 23.2 Å². The number of nitrogen functional groups attached to an aromatic ring is 1. The molecule has 0 saturated heterocycles. The highest BCUT2D eigenvalue weighted by Crippen LogP contribution is 2.34. The highest BCUT2D eigenvalue weighted by molar-refractivity contribution is 6.39. The molecule has 2 aromatic carbocycles. The zero-order valence-corrected chi connectivity index (χ0v) is 15.0. The molecule has 0 fully saturated rings. The van der Waals surface area contributed by atoms with Crippen LogP contribution in [0.1, 0.15) is 16.8 Å². The van der Waals surface area contributed by atoms with E-state index >= 15 is 0 Å². The number of fused-ring (bicyclic) bond motifs is 3. The number of hydrogen-bond acceptors (Lipinski definition) is 3. The number of nitrogens with zero attached hydrogens (tertiary/aromatic N) is 3. The Balaban J connectivity index is 1.96. The molecule has 3 aromatic rings. The van der Waals surface area contributed by atoms with E-state index in [0.717, 1.165) is 12.1 Å². The van der Waals surface area contributed by atoms with Crippen LogP contribution in [0.5, 0.6) is 0 Å². The van der Waals surface area contributed by atoms with Gasteiger partial charge in [0.05, 0.1) is 45.5 Å². The monoisotopic (exact) mass is 414 g/mol. The summed E-state index contributed by atoms with van der Waals surface area (Å²) in [6.07, 6.45) is -4.54. The second kappa shape index (κ2) is 6.03. The zero-order chi connectivity index (χ0) is 19.5. The van der Waals surface area contributed by atoms with E-state index in [1.54, 1.807) is 12.1 Å². The van der Waals surface area contributed by atoms with E-state index in [1.165, 1.54) is 10.7 Å². The molecule has 0 radical (unpaired) electrons. The van der Waals surface area contributed by atoms with Crippen molar-refractivity contribution in [2.75, 3.05) is 12.3 Å². The quantitative estimate of drug-likeness (QED) is 0.370. The average molecular weight is 415 g/mol. The normalized spacial score (nSPS) is 14.3. The lowest BCUT2D eigenvalue weighted by atomic mass is 10.0. The molecule has 10 heteroatoms. The SMILES string of the molecule is Nc1c(Cl)cc(C2=NCCn3c2c2ccc(C(F)(F)F)cc2[n+]3[O-])cc1Cl. The highest BCUT2D eigenvalue weighted by atomic mass is 35.5. The minimum absolute atomic E-state index is 0.0814. The molecule has 2 N–H and O–H groups in total. The minimum atomic E-state index is -4.54. The Kier molecular flexibility index (Phi) is 4.01. The van der Waals surface area contributed by atoms with Gasteiger partial charge in [0.2, 0.25) is 0 Å². The lowest BCUT2D eigenvalue weighted by Gasteiger charge is -2.15. The number of anilines is 1. The Morgan fingerprint density at radius 2 is 1.81 bits per heavy atom. The van der Waals surface area contributed by atoms with Crippen LogP contribution in [0.3, 0.4) is 0 Å². The minimum Gasteiger partial charge on any atom is -0.595 e. The Morgan fingerprint density at radius 3 is 2.44 bits per heavy atom. The smallest absolute Gasteiger partial charge is 0.416 e. The van der Waals surface area contributed by atoms with Gasteiger partial charge in [-0.15, -0.1) is 4.68 Å². The van der Waals surface area contributed by atoms with E-state index < -0.39 is 11.7 Å². The Labute approximate surface area is 161 Å². The topological polar surface area (TPSA) is 70.2 Å². The molecule has 0 saturated carbocycles. The number of alkyl halides is 3. The highest BCUT2D eigenvalue weighted by Gasteiger charge is 2.34. The molecule has 0 atom stereocenters. The van der Waals surface area contributed by atoms with Gasteiger partial charge in [-0.05, 0) is 24.3 Å². The molecule has 4 rings (SSSR count). The molecule has 0 amide bonds. The van der Waals surface area contributed by atoms with Crippen LogP contribution in [0.2, 0.25) is 10.0 Å². The van der Waals surface area contributed by atoms with Crippen LogP contribution in [0.15, 0.2) is 35.3 Å². The summed E-state index contributed by atoms with van der Waals surface area (Å²) in [7, 11) is 0. The summed E-state index contributed by atoms with van der Waals surface area (Å²) >= 11 is 12.2. The maximum absolute atomic E-state index is 13.0. The van der Waals surface area contributed by atoms with Crippen molar-refractivity contribution in [2.45, 2.75) is 12.7 Å². The van der Waals surface area contributed by atoms with E-state index in [4.69, 9.17) is 28.9 Å². The first-order valence-electron chi connectivity index (χ1n) is 7.81. The number of aliphatic imine (C=N–C) groups is 1. The van der Waals surface area contributed by atoms with Crippen LogP contribution in [-0.2, 0) is 12.7 Å². The third-order valence-electron chi connectivity index (χ3n) is 4.42. The fraction of sp³-hybridized carbons (Fsp3) is 0.176. The van der Waals surface area contributed by atoms with Crippen LogP contribution in [0.4, 0.5) is 18.9 Å². The van der Waals surface area contributed by atoms with Gasteiger partial charge in [-0.2, -0.15) is 13.2 Å². The molecule has 140 valence electrons. The number of rotatable bonds is 1. The van der Waals surface area contributed by atoms with Crippen molar-refractivity contribution in [1.82, 2.24) is 4.68 Å². The first-order chi connectivity index (χ1) is 12.7. The van der Waals surface area contributed by atoms with Crippen molar-refractivity contribution in [3.8, 4) is 0 Å². The van der Waals surface area contributed by atoms with Crippen molar-refractivity contribution in [2.24, 2.45) is 4.99 Å². The van der Waals surface area contributed by atoms with E-state index in [1.807, 2.05) is 0 Å². The van der Waals surface area contributed by atoms with Crippen molar-refractivity contribution in [3.05, 3.63) is 62.4 Å². The predicted octanol–water partition coefficient (Wildman–Crippen LogP) is 4.03. The third kappa shape index (κ3) is 2.80. The van der Waals surface area contributed by atoms with Crippen LogP contribution in [0.25, 0.3) is 10.9 Å². The number of aromatic nitrogens is 2. The van der Waals surface area contributed by atoms with E-state index in [0.29, 0.717) is 27.2 Å². The molecule has 0 unspecified atom stereocenters. The summed E-state index contributed by atoms with van der Waals surface area (Å²) in [6.45, 7) is 0.534. The second-order valence-corrected chi connectivity index (χ2v) is 6.87. The summed E-state index contributed by atoms with van der Waals surface area (Å²) in [4.78, 5) is 4.92. The van der Waals surface area contributed by atoms with Crippen molar-refractivity contribution >= 4 is 45.5 Å². The molecule has 1 aliphatic rings. The number of benzene rings is 2. The van der Waals surface area contributed by atoms with Gasteiger partial charge in [0.25, 0.3) is 5.52 Å². The summed E-state index contributed by atoms with van der Waals surface area (Å²) in [6, 6.07) is 6.19. The van der Waals surface area contributed by atoms with Crippen LogP contribution < -0.4 is 10.6 Å². The Morgan fingerprint density at radius 1 is 1.15 bits per heavy atom.